The van der Waals surface area contributed by atoms with Gasteiger partial charge in [0.15, 0.2) is 11.6 Å². The van der Waals surface area contributed by atoms with Crippen LogP contribution in [0.2, 0.25) is 0 Å². The lowest BCUT2D eigenvalue weighted by Crippen LogP contribution is -2.34. The summed E-state index contributed by atoms with van der Waals surface area (Å²) in [5.74, 6) is -3.25. The Morgan fingerprint density at radius 1 is 1.21 bits per heavy atom. The zero-order chi connectivity index (χ0) is 18.5. The fraction of sp³-hybridized carbons (Fsp3) is 0.462. The summed E-state index contributed by atoms with van der Waals surface area (Å²) in [5, 5.41) is 0. The minimum Gasteiger partial charge on any atom is -0.345 e. The van der Waals surface area contributed by atoms with Gasteiger partial charge in [0.2, 0.25) is 15.9 Å². The van der Waals surface area contributed by atoms with Crippen LogP contribution in [-0.4, -0.2) is 45.5 Å². The average molecular weight is 374 g/mol. The van der Waals surface area contributed by atoms with Crippen LogP contribution >= 0.6 is 0 Å². The maximum Gasteiger partial charge on any atom is 0.390 e. The summed E-state index contributed by atoms with van der Waals surface area (Å²) in [4.78, 5) is 11.9. The topological polar surface area (TPSA) is 66.5 Å². The van der Waals surface area contributed by atoms with E-state index in [0.29, 0.717) is 12.1 Å². The normalized spacial score (nSPS) is 12.2. The number of hydrogen-bond donors (Lipinski definition) is 1. The summed E-state index contributed by atoms with van der Waals surface area (Å²) >= 11 is 0. The Balaban J connectivity index is 2.53. The monoisotopic (exact) mass is 374 g/mol. The third kappa shape index (κ3) is 6.40. The van der Waals surface area contributed by atoms with E-state index in [1.54, 1.807) is 0 Å². The molecule has 5 nitrogen and oxygen atoms in total. The largest absolute Gasteiger partial charge is 0.390 e. The quantitative estimate of drug-likeness (QED) is 0.743. The fourth-order valence-corrected chi connectivity index (χ4v) is 2.67. The van der Waals surface area contributed by atoms with Crippen molar-refractivity contribution in [2.45, 2.75) is 23.9 Å². The number of carbonyl (C=O) groups excluding carboxylic acids is 1. The molecule has 1 aromatic carbocycles. The van der Waals surface area contributed by atoms with Gasteiger partial charge in [-0.1, -0.05) is 0 Å². The second kappa shape index (κ2) is 7.88. The van der Waals surface area contributed by atoms with Gasteiger partial charge in [-0.25, -0.2) is 21.9 Å². The third-order valence-corrected chi connectivity index (χ3v) is 4.45. The van der Waals surface area contributed by atoms with E-state index in [4.69, 9.17) is 0 Å². The first-order valence-corrected chi connectivity index (χ1v) is 8.16. The zero-order valence-corrected chi connectivity index (χ0v) is 13.3. The number of carbonyl (C=O) groups is 1. The van der Waals surface area contributed by atoms with Gasteiger partial charge in [-0.2, -0.15) is 13.2 Å². The predicted molar refractivity (Wildman–Crippen MR) is 74.5 cm³/mol. The summed E-state index contributed by atoms with van der Waals surface area (Å²) in [7, 11) is -3.00. The Bertz CT molecular complexity index is 691. The van der Waals surface area contributed by atoms with Crippen LogP contribution in [0.5, 0.6) is 0 Å². The maximum absolute atomic E-state index is 13.0. The molecule has 1 amide bonds. The molecule has 0 spiro atoms. The van der Waals surface area contributed by atoms with Crippen LogP contribution in [0, 0.1) is 11.6 Å². The Hall–Kier alpha value is -1.75. The molecule has 0 bridgehead atoms. The highest BCUT2D eigenvalue weighted by atomic mass is 32.2. The number of halogens is 5. The smallest absolute Gasteiger partial charge is 0.345 e. The average Bonchev–Trinajstić information content (AvgIpc) is 2.46. The van der Waals surface area contributed by atoms with Gasteiger partial charge >= 0.3 is 6.18 Å². The summed E-state index contributed by atoms with van der Waals surface area (Å²) in [5.41, 5.74) is 0. The van der Waals surface area contributed by atoms with Crippen molar-refractivity contribution in [3.8, 4) is 0 Å². The number of nitrogens with zero attached hydrogens (tertiary/aromatic N) is 1. The Kier molecular flexibility index (Phi) is 6.67. The molecular weight excluding hydrogens is 359 g/mol. The molecule has 1 aromatic rings. The number of hydrogen-bond acceptors (Lipinski definition) is 3. The van der Waals surface area contributed by atoms with E-state index < -0.39 is 58.1 Å². The molecule has 24 heavy (non-hydrogen) atoms. The van der Waals surface area contributed by atoms with E-state index in [9.17, 15) is 35.2 Å². The van der Waals surface area contributed by atoms with E-state index in [1.165, 1.54) is 0 Å². The Morgan fingerprint density at radius 2 is 1.83 bits per heavy atom. The van der Waals surface area contributed by atoms with Gasteiger partial charge in [0.1, 0.15) is 0 Å². The van der Waals surface area contributed by atoms with Crippen LogP contribution in [0.1, 0.15) is 12.8 Å². The lowest BCUT2D eigenvalue weighted by molar-refractivity contribution is -0.143. The van der Waals surface area contributed by atoms with Gasteiger partial charge in [-0.05, 0) is 18.2 Å². The Morgan fingerprint density at radius 3 is 2.38 bits per heavy atom. The van der Waals surface area contributed by atoms with Crippen LogP contribution in [0.4, 0.5) is 22.0 Å². The van der Waals surface area contributed by atoms with Crippen molar-refractivity contribution in [3.63, 3.8) is 0 Å². The molecule has 0 saturated heterocycles. The molecule has 1 N–H and O–H groups in total. The van der Waals surface area contributed by atoms with E-state index in [2.05, 4.69) is 0 Å². The minimum absolute atomic E-state index is 0.378. The molecule has 136 valence electrons. The van der Waals surface area contributed by atoms with E-state index in [0.717, 1.165) is 18.0 Å². The highest BCUT2D eigenvalue weighted by Crippen LogP contribution is 2.19. The molecular formula is C13H15F5N2O3S. The summed E-state index contributed by atoms with van der Waals surface area (Å²) in [6.45, 7) is -0.936. The zero-order valence-electron chi connectivity index (χ0n) is 12.5. The number of sulfonamides is 1. The summed E-state index contributed by atoms with van der Waals surface area (Å²) in [6, 6.07) is 1.97. The van der Waals surface area contributed by atoms with Crippen molar-refractivity contribution < 1.29 is 35.2 Å². The first-order valence-electron chi connectivity index (χ1n) is 6.68. The number of nitrogens with one attached hydrogen (secondary N) is 1. The van der Waals surface area contributed by atoms with Gasteiger partial charge < -0.3 is 4.90 Å². The Labute approximate surface area is 135 Å². The molecule has 0 aliphatic heterocycles. The predicted octanol–water partition coefficient (Wildman–Crippen LogP) is 2.04. The third-order valence-electron chi connectivity index (χ3n) is 2.99. The molecule has 0 fully saturated rings. The standard InChI is InChI=1S/C13H15F5N2O3S/c1-20(7-5-13(16,17)18)12(21)4-6-19-24(22,23)9-2-3-10(14)11(15)8-9/h2-3,8,19H,4-7H2,1H3. The summed E-state index contributed by atoms with van der Waals surface area (Å²) < 4.78 is 87.6. The molecule has 0 unspecified atom stereocenters. The molecule has 0 radical (unpaired) electrons. The van der Waals surface area contributed by atoms with Gasteiger partial charge in [0.05, 0.1) is 11.3 Å². The van der Waals surface area contributed by atoms with Gasteiger partial charge in [-0.3, -0.25) is 4.79 Å². The van der Waals surface area contributed by atoms with Crippen molar-refractivity contribution in [2.75, 3.05) is 20.1 Å². The minimum atomic E-state index is -4.40. The van der Waals surface area contributed by atoms with E-state index in [-0.39, 0.29) is 6.42 Å². The van der Waals surface area contributed by atoms with E-state index >= 15 is 0 Å². The first-order chi connectivity index (χ1) is 10.9. The van der Waals surface area contributed by atoms with Crippen LogP contribution in [0.3, 0.4) is 0 Å². The molecule has 0 heterocycles. The number of alkyl halides is 3. The molecule has 0 saturated carbocycles. The van der Waals surface area contributed by atoms with Crippen molar-refractivity contribution in [1.29, 1.82) is 0 Å². The van der Waals surface area contributed by atoms with Crippen LogP contribution in [0.25, 0.3) is 0 Å². The van der Waals surface area contributed by atoms with Gasteiger partial charge in [0, 0.05) is 26.6 Å². The second-order valence-electron chi connectivity index (χ2n) is 4.90. The number of amides is 1. The molecule has 11 heteroatoms. The molecule has 0 aromatic heterocycles. The highest BCUT2D eigenvalue weighted by Gasteiger charge is 2.28. The van der Waals surface area contributed by atoms with Gasteiger partial charge in [0.25, 0.3) is 0 Å². The van der Waals surface area contributed by atoms with Crippen LogP contribution < -0.4 is 4.72 Å². The lowest BCUT2D eigenvalue weighted by Gasteiger charge is -2.18. The van der Waals surface area contributed by atoms with Crippen LogP contribution in [0.15, 0.2) is 23.1 Å². The number of benzene rings is 1. The molecule has 0 aliphatic carbocycles. The lowest BCUT2D eigenvalue weighted by atomic mass is 10.3. The van der Waals surface area contributed by atoms with Crippen LogP contribution in [-0.2, 0) is 14.8 Å². The summed E-state index contributed by atoms with van der Waals surface area (Å²) in [6.07, 6.45) is -5.95. The van der Waals surface area contributed by atoms with Crippen molar-refractivity contribution in [1.82, 2.24) is 9.62 Å². The highest BCUT2D eigenvalue weighted by molar-refractivity contribution is 7.89. The van der Waals surface area contributed by atoms with Crippen molar-refractivity contribution >= 4 is 15.9 Å². The SMILES string of the molecule is CN(CCC(F)(F)F)C(=O)CCNS(=O)(=O)c1ccc(F)c(F)c1. The molecule has 1 rings (SSSR count). The molecule has 0 aliphatic rings. The van der Waals surface area contributed by atoms with Gasteiger partial charge in [-0.15, -0.1) is 0 Å². The number of rotatable bonds is 7. The first kappa shape index (κ1) is 20.3. The van der Waals surface area contributed by atoms with Crippen molar-refractivity contribution in [3.05, 3.63) is 29.8 Å². The molecule has 0 atom stereocenters. The van der Waals surface area contributed by atoms with E-state index in [1.807, 2.05) is 4.72 Å². The fourth-order valence-electron chi connectivity index (χ4n) is 1.63. The van der Waals surface area contributed by atoms with Crippen molar-refractivity contribution in [2.24, 2.45) is 0 Å². The second-order valence-corrected chi connectivity index (χ2v) is 6.67. The maximum atomic E-state index is 13.0.